The molecule has 0 heterocycles. The summed E-state index contributed by atoms with van der Waals surface area (Å²) in [5.41, 5.74) is 1.05. The molecule has 0 spiro atoms. The molecule has 0 radical (unpaired) electrons. The first-order valence-corrected chi connectivity index (χ1v) is 8.97. The molecule has 0 aliphatic carbocycles. The number of hydrogen-bond donors (Lipinski definition) is 1. The Kier molecular flexibility index (Phi) is 7.60. The standard InChI is InChI=1S/C19H22FNO3S/c1-23-16-8-7-14(13-17(16)24-2)9-11-21-19(22)10-12-25-18-6-4-3-5-15(18)20/h3-8,13H,9-12H2,1-2H3,(H,21,22). The molecule has 0 unspecified atom stereocenters. The van der Waals surface area contributed by atoms with Gasteiger partial charge in [-0.05, 0) is 36.2 Å². The second-order valence-corrected chi connectivity index (χ2v) is 6.45. The predicted octanol–water partition coefficient (Wildman–Crippen LogP) is 3.68. The average Bonchev–Trinajstić information content (AvgIpc) is 2.63. The van der Waals surface area contributed by atoms with Crippen molar-refractivity contribution in [2.75, 3.05) is 26.5 Å². The van der Waals surface area contributed by atoms with Crippen molar-refractivity contribution in [1.82, 2.24) is 5.32 Å². The van der Waals surface area contributed by atoms with Crippen LogP contribution in [0.2, 0.25) is 0 Å². The van der Waals surface area contributed by atoms with E-state index in [0.29, 0.717) is 41.5 Å². The predicted molar refractivity (Wildman–Crippen MR) is 98.0 cm³/mol. The Hall–Kier alpha value is -2.21. The molecule has 2 aromatic rings. The molecule has 134 valence electrons. The van der Waals surface area contributed by atoms with Gasteiger partial charge < -0.3 is 14.8 Å². The van der Waals surface area contributed by atoms with E-state index < -0.39 is 0 Å². The maximum atomic E-state index is 13.5. The summed E-state index contributed by atoms with van der Waals surface area (Å²) in [5, 5.41) is 2.88. The van der Waals surface area contributed by atoms with E-state index in [1.807, 2.05) is 18.2 Å². The number of halogens is 1. The third-order valence-electron chi connectivity index (χ3n) is 3.61. The van der Waals surface area contributed by atoms with Crippen molar-refractivity contribution in [3.05, 3.63) is 53.8 Å². The molecular formula is C19H22FNO3S. The number of hydrogen-bond acceptors (Lipinski definition) is 4. The third kappa shape index (κ3) is 5.98. The molecule has 4 nitrogen and oxygen atoms in total. The molecule has 0 aliphatic rings. The lowest BCUT2D eigenvalue weighted by atomic mass is 10.1. The Morgan fingerprint density at radius 3 is 2.60 bits per heavy atom. The van der Waals surface area contributed by atoms with E-state index in [2.05, 4.69) is 5.32 Å². The van der Waals surface area contributed by atoms with Crippen LogP contribution in [0.25, 0.3) is 0 Å². The highest BCUT2D eigenvalue weighted by Crippen LogP contribution is 2.27. The second kappa shape index (κ2) is 9.93. The first-order chi connectivity index (χ1) is 12.1. The lowest BCUT2D eigenvalue weighted by Gasteiger charge is -2.10. The van der Waals surface area contributed by atoms with Crippen molar-refractivity contribution < 1.29 is 18.7 Å². The summed E-state index contributed by atoms with van der Waals surface area (Å²) >= 11 is 1.35. The summed E-state index contributed by atoms with van der Waals surface area (Å²) in [6.45, 7) is 0.540. The molecule has 0 fully saturated rings. The Morgan fingerprint density at radius 2 is 1.88 bits per heavy atom. The van der Waals surface area contributed by atoms with E-state index in [9.17, 15) is 9.18 Å². The van der Waals surface area contributed by atoms with Crippen molar-refractivity contribution in [3.8, 4) is 11.5 Å². The smallest absolute Gasteiger partial charge is 0.220 e. The summed E-state index contributed by atoms with van der Waals surface area (Å²) in [5.74, 6) is 1.61. The molecule has 6 heteroatoms. The van der Waals surface area contributed by atoms with E-state index in [1.165, 1.54) is 17.8 Å². The van der Waals surface area contributed by atoms with Crippen LogP contribution < -0.4 is 14.8 Å². The van der Waals surface area contributed by atoms with Crippen molar-refractivity contribution in [3.63, 3.8) is 0 Å². The fourth-order valence-electron chi connectivity index (χ4n) is 2.29. The molecule has 25 heavy (non-hydrogen) atoms. The van der Waals surface area contributed by atoms with Gasteiger partial charge in [0.2, 0.25) is 5.91 Å². The quantitative estimate of drug-likeness (QED) is 0.691. The van der Waals surface area contributed by atoms with E-state index in [1.54, 1.807) is 32.4 Å². The van der Waals surface area contributed by atoms with Gasteiger partial charge in [-0.25, -0.2) is 4.39 Å². The van der Waals surface area contributed by atoms with Gasteiger partial charge in [0.25, 0.3) is 0 Å². The van der Waals surface area contributed by atoms with Gasteiger partial charge in [0.05, 0.1) is 14.2 Å². The van der Waals surface area contributed by atoms with Crippen LogP contribution in [0.4, 0.5) is 4.39 Å². The zero-order valence-corrected chi connectivity index (χ0v) is 15.2. The fraction of sp³-hybridized carbons (Fsp3) is 0.316. The van der Waals surface area contributed by atoms with E-state index in [-0.39, 0.29) is 11.7 Å². The molecule has 0 aromatic heterocycles. The highest BCUT2D eigenvalue weighted by molar-refractivity contribution is 7.99. The third-order valence-corrected chi connectivity index (χ3v) is 4.66. The number of ether oxygens (including phenoxy) is 2. The van der Waals surface area contributed by atoms with Gasteiger partial charge in [0.15, 0.2) is 11.5 Å². The van der Waals surface area contributed by atoms with Crippen molar-refractivity contribution in [2.24, 2.45) is 0 Å². The number of carbonyl (C=O) groups is 1. The van der Waals surface area contributed by atoms with Crippen molar-refractivity contribution >= 4 is 17.7 Å². The molecule has 0 aliphatic heterocycles. The lowest BCUT2D eigenvalue weighted by Crippen LogP contribution is -2.25. The fourth-order valence-corrected chi connectivity index (χ4v) is 3.17. The molecule has 0 saturated carbocycles. The minimum Gasteiger partial charge on any atom is -0.493 e. The second-order valence-electron chi connectivity index (χ2n) is 5.32. The van der Waals surface area contributed by atoms with Crippen LogP contribution in [-0.2, 0) is 11.2 Å². The van der Waals surface area contributed by atoms with Crippen LogP contribution in [0.15, 0.2) is 47.4 Å². The Bertz CT molecular complexity index is 709. The number of nitrogens with one attached hydrogen (secondary N) is 1. The van der Waals surface area contributed by atoms with E-state index in [4.69, 9.17) is 9.47 Å². The van der Waals surface area contributed by atoms with E-state index >= 15 is 0 Å². The highest BCUT2D eigenvalue weighted by Gasteiger charge is 2.07. The molecule has 1 amide bonds. The van der Waals surface area contributed by atoms with Gasteiger partial charge in [0, 0.05) is 23.6 Å². The van der Waals surface area contributed by atoms with Gasteiger partial charge >= 0.3 is 0 Å². The van der Waals surface area contributed by atoms with Gasteiger partial charge in [-0.15, -0.1) is 11.8 Å². The van der Waals surface area contributed by atoms with Gasteiger partial charge in [0.1, 0.15) is 5.82 Å². The zero-order valence-electron chi connectivity index (χ0n) is 14.4. The molecule has 1 N–H and O–H groups in total. The van der Waals surface area contributed by atoms with Crippen LogP contribution >= 0.6 is 11.8 Å². The highest BCUT2D eigenvalue weighted by atomic mass is 32.2. The number of benzene rings is 2. The maximum absolute atomic E-state index is 13.5. The number of rotatable bonds is 9. The normalized spacial score (nSPS) is 10.4. The van der Waals surface area contributed by atoms with Crippen molar-refractivity contribution in [1.29, 1.82) is 0 Å². The number of carbonyl (C=O) groups excluding carboxylic acids is 1. The van der Waals surface area contributed by atoms with Crippen molar-refractivity contribution in [2.45, 2.75) is 17.7 Å². The summed E-state index contributed by atoms with van der Waals surface area (Å²) in [4.78, 5) is 12.4. The van der Waals surface area contributed by atoms with Crippen LogP contribution in [0.3, 0.4) is 0 Å². The van der Waals surface area contributed by atoms with Crippen LogP contribution in [-0.4, -0.2) is 32.4 Å². The summed E-state index contributed by atoms with van der Waals surface area (Å²) in [6, 6.07) is 12.3. The topological polar surface area (TPSA) is 47.6 Å². The number of amides is 1. The first kappa shape index (κ1) is 19.1. The molecule has 0 atom stereocenters. The van der Waals surface area contributed by atoms with Gasteiger partial charge in [-0.3, -0.25) is 4.79 Å². The number of methoxy groups -OCH3 is 2. The van der Waals surface area contributed by atoms with E-state index in [0.717, 1.165) is 5.56 Å². The molecular weight excluding hydrogens is 341 g/mol. The minimum atomic E-state index is -0.249. The van der Waals surface area contributed by atoms with Gasteiger partial charge in [-0.2, -0.15) is 0 Å². The Labute approximate surface area is 151 Å². The maximum Gasteiger partial charge on any atom is 0.220 e. The summed E-state index contributed by atoms with van der Waals surface area (Å²) < 4.78 is 23.9. The summed E-state index contributed by atoms with van der Waals surface area (Å²) in [7, 11) is 3.19. The van der Waals surface area contributed by atoms with Gasteiger partial charge in [-0.1, -0.05) is 18.2 Å². The lowest BCUT2D eigenvalue weighted by molar-refractivity contribution is -0.120. The Morgan fingerprint density at radius 1 is 1.12 bits per heavy atom. The monoisotopic (exact) mass is 363 g/mol. The largest absolute Gasteiger partial charge is 0.493 e. The van der Waals surface area contributed by atoms with Crippen LogP contribution in [0.5, 0.6) is 11.5 Å². The Balaban J connectivity index is 1.71. The van der Waals surface area contributed by atoms with Crippen LogP contribution in [0.1, 0.15) is 12.0 Å². The summed E-state index contributed by atoms with van der Waals surface area (Å²) in [6.07, 6.45) is 1.05. The van der Waals surface area contributed by atoms with Crippen LogP contribution in [0, 0.1) is 5.82 Å². The molecule has 0 bridgehead atoms. The zero-order chi connectivity index (χ0) is 18.1. The molecule has 0 saturated heterocycles. The minimum absolute atomic E-state index is 0.0377. The number of thioether (sulfide) groups is 1. The molecule has 2 aromatic carbocycles. The molecule has 2 rings (SSSR count). The SMILES string of the molecule is COc1ccc(CCNC(=O)CCSc2ccccc2F)cc1OC. The average molecular weight is 363 g/mol. The first-order valence-electron chi connectivity index (χ1n) is 7.99.